The molecule has 1 unspecified atom stereocenters. The molecule has 83 heavy (non-hydrogen) atoms. The van der Waals surface area contributed by atoms with Gasteiger partial charge in [-0.25, -0.2) is 0 Å². The minimum absolute atomic E-state index is 0.117. The van der Waals surface area contributed by atoms with Crippen molar-refractivity contribution < 1.29 is 28.6 Å². The molecule has 0 saturated carbocycles. The second kappa shape index (κ2) is 69.0. The van der Waals surface area contributed by atoms with Crippen molar-refractivity contribution in [3.8, 4) is 0 Å². The van der Waals surface area contributed by atoms with E-state index < -0.39 is 6.10 Å². The molecule has 0 aromatic heterocycles. The van der Waals surface area contributed by atoms with Crippen LogP contribution in [0.25, 0.3) is 0 Å². The van der Waals surface area contributed by atoms with Gasteiger partial charge in [-0.1, -0.05) is 280 Å². The first-order valence-corrected chi connectivity index (χ1v) is 33.3. The number of allylic oxidation sites excluding steroid dienone is 30. The number of carbonyl (C=O) groups excluding carboxylic acids is 3. The summed E-state index contributed by atoms with van der Waals surface area (Å²) in [6, 6.07) is 0. The van der Waals surface area contributed by atoms with Gasteiger partial charge in [-0.05, 0) is 148 Å². The van der Waals surface area contributed by atoms with Crippen molar-refractivity contribution in [1.29, 1.82) is 0 Å². The van der Waals surface area contributed by atoms with Gasteiger partial charge >= 0.3 is 17.9 Å². The van der Waals surface area contributed by atoms with Gasteiger partial charge in [0.2, 0.25) is 0 Å². The first kappa shape index (κ1) is 77.5. The van der Waals surface area contributed by atoms with Gasteiger partial charge in [0.25, 0.3) is 0 Å². The lowest BCUT2D eigenvalue weighted by molar-refractivity contribution is -0.166. The molecule has 0 amide bonds. The first-order chi connectivity index (χ1) is 41.0. The second-order valence-electron chi connectivity index (χ2n) is 21.3. The summed E-state index contributed by atoms with van der Waals surface area (Å²) in [5.41, 5.74) is 0. The average Bonchev–Trinajstić information content (AvgIpc) is 3.49. The fourth-order valence-corrected chi connectivity index (χ4v) is 8.48. The summed E-state index contributed by atoms with van der Waals surface area (Å²) in [6.07, 6.45) is 103. The van der Waals surface area contributed by atoms with E-state index in [9.17, 15) is 14.4 Å². The molecule has 0 N–H and O–H groups in total. The largest absolute Gasteiger partial charge is 0.462 e. The SMILES string of the molecule is CC/C=C\C/C=C\C/C=C\C/C=C\C/C=C\C/C=C\C/C=C\C/C=C\C/C=C\CCCCCCCCCC(=O)OCC(COC(=O)CC/C=C\C/C=C\C/C=C\C/C=C\CC)OC(=O)CCCCCCCCC/C=C\C/C=C\CCCCC. The van der Waals surface area contributed by atoms with Gasteiger partial charge in [0, 0.05) is 19.3 Å². The van der Waals surface area contributed by atoms with Gasteiger partial charge in [0.05, 0.1) is 0 Å². The number of hydrogen-bond donors (Lipinski definition) is 0. The zero-order valence-corrected chi connectivity index (χ0v) is 53.1. The van der Waals surface area contributed by atoms with Crippen LogP contribution in [0.15, 0.2) is 182 Å². The van der Waals surface area contributed by atoms with Gasteiger partial charge in [0.15, 0.2) is 6.10 Å². The highest BCUT2D eigenvalue weighted by Crippen LogP contribution is 2.14. The molecule has 0 aliphatic rings. The third kappa shape index (κ3) is 67.2. The van der Waals surface area contributed by atoms with Crippen LogP contribution in [0.5, 0.6) is 0 Å². The molecule has 0 aliphatic carbocycles. The number of carbonyl (C=O) groups is 3. The summed E-state index contributed by atoms with van der Waals surface area (Å²) in [4.78, 5) is 38.3. The van der Waals surface area contributed by atoms with E-state index in [4.69, 9.17) is 14.2 Å². The van der Waals surface area contributed by atoms with Crippen LogP contribution in [-0.2, 0) is 28.6 Å². The van der Waals surface area contributed by atoms with Crippen LogP contribution in [0.3, 0.4) is 0 Å². The van der Waals surface area contributed by atoms with Crippen molar-refractivity contribution in [3.63, 3.8) is 0 Å². The summed E-state index contributed by atoms with van der Waals surface area (Å²) in [6.45, 7) is 6.30. The molecule has 0 bridgehead atoms. The molecule has 0 aromatic carbocycles. The minimum atomic E-state index is -0.826. The van der Waals surface area contributed by atoms with Crippen LogP contribution in [0.1, 0.15) is 265 Å². The molecule has 464 valence electrons. The van der Waals surface area contributed by atoms with Gasteiger partial charge in [-0.15, -0.1) is 0 Å². The molecule has 0 saturated heterocycles. The summed E-state index contributed by atoms with van der Waals surface area (Å²) in [7, 11) is 0. The van der Waals surface area contributed by atoms with Gasteiger partial charge in [0.1, 0.15) is 13.2 Å². The topological polar surface area (TPSA) is 78.9 Å². The molecule has 6 nitrogen and oxygen atoms in total. The predicted octanol–water partition coefficient (Wildman–Crippen LogP) is 23.2. The summed E-state index contributed by atoms with van der Waals surface area (Å²) < 4.78 is 16.8. The molecule has 0 rings (SSSR count). The quantitative estimate of drug-likeness (QED) is 0.0261. The summed E-state index contributed by atoms with van der Waals surface area (Å²) in [5.74, 6) is -1.03. The Labute approximate surface area is 510 Å². The van der Waals surface area contributed by atoms with Crippen LogP contribution in [0.2, 0.25) is 0 Å². The number of esters is 3. The highest BCUT2D eigenvalue weighted by molar-refractivity contribution is 5.71. The minimum Gasteiger partial charge on any atom is -0.462 e. The lowest BCUT2D eigenvalue weighted by Gasteiger charge is -2.18. The van der Waals surface area contributed by atoms with Crippen molar-refractivity contribution in [2.45, 2.75) is 271 Å². The maximum Gasteiger partial charge on any atom is 0.306 e. The molecule has 6 heteroatoms. The lowest BCUT2D eigenvalue weighted by Crippen LogP contribution is -2.30. The van der Waals surface area contributed by atoms with Crippen molar-refractivity contribution in [3.05, 3.63) is 182 Å². The number of ether oxygens (including phenoxy) is 3. The summed E-state index contributed by atoms with van der Waals surface area (Å²) in [5, 5.41) is 0. The zero-order chi connectivity index (χ0) is 59.9. The third-order valence-corrected chi connectivity index (χ3v) is 13.4. The van der Waals surface area contributed by atoms with E-state index in [0.29, 0.717) is 19.3 Å². The van der Waals surface area contributed by atoms with E-state index in [2.05, 4.69) is 191 Å². The Morgan fingerprint density at radius 1 is 0.253 bits per heavy atom. The Bertz CT molecular complexity index is 1940. The van der Waals surface area contributed by atoms with Crippen molar-refractivity contribution in [2.24, 2.45) is 0 Å². The molecule has 0 fully saturated rings. The van der Waals surface area contributed by atoms with Crippen LogP contribution in [-0.4, -0.2) is 37.2 Å². The first-order valence-electron chi connectivity index (χ1n) is 33.3. The molecular formula is C77H120O6. The molecule has 0 radical (unpaired) electrons. The van der Waals surface area contributed by atoms with Crippen LogP contribution in [0.4, 0.5) is 0 Å². The smallest absolute Gasteiger partial charge is 0.306 e. The number of unbranched alkanes of at least 4 members (excludes halogenated alkanes) is 17. The van der Waals surface area contributed by atoms with E-state index in [-0.39, 0.29) is 37.5 Å². The normalized spacial score (nSPS) is 13.3. The number of hydrogen-bond acceptors (Lipinski definition) is 6. The maximum atomic E-state index is 12.9. The highest BCUT2D eigenvalue weighted by Gasteiger charge is 2.19. The zero-order valence-electron chi connectivity index (χ0n) is 53.1. The van der Waals surface area contributed by atoms with Gasteiger partial charge in [-0.2, -0.15) is 0 Å². The lowest BCUT2D eigenvalue weighted by atomic mass is 10.1. The second-order valence-corrected chi connectivity index (χ2v) is 21.3. The summed E-state index contributed by atoms with van der Waals surface area (Å²) >= 11 is 0. The predicted molar refractivity (Wildman–Crippen MR) is 361 cm³/mol. The van der Waals surface area contributed by atoms with Crippen molar-refractivity contribution >= 4 is 17.9 Å². The van der Waals surface area contributed by atoms with E-state index in [1.54, 1.807) is 0 Å². The Morgan fingerprint density at radius 2 is 0.494 bits per heavy atom. The molecule has 0 aromatic rings. The van der Waals surface area contributed by atoms with Crippen molar-refractivity contribution in [1.82, 2.24) is 0 Å². The average molecular weight is 1140 g/mol. The Morgan fingerprint density at radius 3 is 0.807 bits per heavy atom. The van der Waals surface area contributed by atoms with E-state index >= 15 is 0 Å². The molecule has 0 heterocycles. The highest BCUT2D eigenvalue weighted by atomic mass is 16.6. The van der Waals surface area contributed by atoms with Crippen LogP contribution in [0, 0.1) is 0 Å². The van der Waals surface area contributed by atoms with Crippen molar-refractivity contribution in [2.75, 3.05) is 13.2 Å². The standard InChI is InChI=1S/C77H120O6/c1-4-7-10-13-16-19-22-25-27-29-30-31-32-33-34-35-36-37-38-39-40-41-42-43-44-45-46-48-49-52-55-58-61-64-67-70-76(79)82-73-74(72-81-75(78)69-66-63-60-57-54-51-24-21-18-15-12-9-6-3)83-77(80)71-68-65-62-59-56-53-50-47-28-26-23-20-17-14-11-8-5-2/h7,9-10,12,16-21,25-28,30-31,33-34,36-37,39-40,42-43,45-46,51,54,60,63,74H,4-6,8,11,13-15,22-24,29,32,35,38,41,44,47-50,52-53,55-59,61-62,64-73H2,1-3H3/b10-7-,12-9-,19-16-,20-17-,21-18-,27-25-,28-26-,31-30-,34-33-,37-36-,40-39-,43-42-,46-45-,54-51-,63-60-. The van der Waals surface area contributed by atoms with Crippen LogP contribution < -0.4 is 0 Å². The van der Waals surface area contributed by atoms with E-state index in [1.165, 1.54) is 70.6 Å². The monoisotopic (exact) mass is 1140 g/mol. The van der Waals surface area contributed by atoms with E-state index in [0.717, 1.165) is 148 Å². The van der Waals surface area contributed by atoms with E-state index in [1.807, 2.05) is 12.2 Å². The fraction of sp³-hybridized carbons (Fsp3) is 0.571. The molecule has 0 spiro atoms. The molecule has 1 atom stereocenters. The molecular weight excluding hydrogens is 1020 g/mol. The van der Waals surface area contributed by atoms with Gasteiger partial charge in [-0.3, -0.25) is 14.4 Å². The van der Waals surface area contributed by atoms with Gasteiger partial charge < -0.3 is 14.2 Å². The van der Waals surface area contributed by atoms with Crippen LogP contribution >= 0.6 is 0 Å². The Balaban J connectivity index is 4.35. The fourth-order valence-electron chi connectivity index (χ4n) is 8.48. The number of rotatable bonds is 58. The third-order valence-electron chi connectivity index (χ3n) is 13.4. The Kier molecular flexibility index (Phi) is 64.4. The molecule has 0 aliphatic heterocycles. The maximum absolute atomic E-state index is 12.9. The Hall–Kier alpha value is -5.49.